The van der Waals surface area contributed by atoms with Crippen molar-refractivity contribution in [2.24, 2.45) is 0 Å². The molecule has 0 aromatic carbocycles. The van der Waals surface area contributed by atoms with Crippen molar-refractivity contribution < 1.29 is 23.1 Å². The number of halogens is 1. The Morgan fingerprint density at radius 2 is 2.08 bits per heavy atom. The Morgan fingerprint density at radius 3 is 2.80 bits per heavy atom. The normalized spacial score (nSPS) is 23.9. The van der Waals surface area contributed by atoms with E-state index < -0.39 is 0 Å². The van der Waals surface area contributed by atoms with E-state index in [4.69, 9.17) is 13.9 Å². The predicted octanol–water partition coefficient (Wildman–Crippen LogP) is 4.06. The largest absolute Gasteiger partial charge is 0.441 e. The van der Waals surface area contributed by atoms with Crippen LogP contribution in [0.1, 0.15) is 55.9 Å². The second kappa shape index (κ2) is 8.54. The Balaban J connectivity index is 1.56. The average molecular weight is 349 g/mol. The molecule has 1 fully saturated rings. The molecular formula is C19H24FNO4. The summed E-state index contributed by atoms with van der Waals surface area (Å²) >= 11 is 0. The molecule has 2 aliphatic carbocycles. The van der Waals surface area contributed by atoms with Crippen LogP contribution in [0.3, 0.4) is 0 Å². The molecule has 1 saturated carbocycles. The maximum Gasteiger partial charge on any atom is 0.222 e. The quantitative estimate of drug-likeness (QED) is 0.695. The van der Waals surface area contributed by atoms with Gasteiger partial charge in [-0.05, 0) is 45.1 Å². The molecule has 3 rings (SSSR count). The topological polar surface area (TPSA) is 61.6 Å². The summed E-state index contributed by atoms with van der Waals surface area (Å²) in [4.78, 5) is 14.9. The van der Waals surface area contributed by atoms with Gasteiger partial charge in [0.25, 0.3) is 0 Å². The van der Waals surface area contributed by atoms with Gasteiger partial charge >= 0.3 is 0 Å². The van der Waals surface area contributed by atoms with Gasteiger partial charge in [-0.15, -0.1) is 0 Å². The minimum Gasteiger partial charge on any atom is -0.441 e. The van der Waals surface area contributed by atoms with Gasteiger partial charge in [-0.3, -0.25) is 0 Å². The van der Waals surface area contributed by atoms with Gasteiger partial charge in [0.15, 0.2) is 0 Å². The molecule has 0 aliphatic heterocycles. The second-order valence-corrected chi connectivity index (χ2v) is 6.55. The third-order valence-corrected chi connectivity index (χ3v) is 4.70. The van der Waals surface area contributed by atoms with Crippen LogP contribution >= 0.6 is 0 Å². The average Bonchev–Trinajstić information content (AvgIpc) is 3.00. The number of oxazole rings is 1. The molecule has 5 nitrogen and oxygen atoms in total. The van der Waals surface area contributed by atoms with Crippen LogP contribution in [0.15, 0.2) is 22.4 Å². The highest BCUT2D eigenvalue weighted by Crippen LogP contribution is 2.29. The van der Waals surface area contributed by atoms with E-state index >= 15 is 0 Å². The van der Waals surface area contributed by atoms with E-state index in [1.165, 1.54) is 6.08 Å². The molecule has 0 unspecified atom stereocenters. The first-order valence-electron chi connectivity index (χ1n) is 8.84. The second-order valence-electron chi connectivity index (χ2n) is 6.55. The van der Waals surface area contributed by atoms with E-state index in [0.29, 0.717) is 25.3 Å². The van der Waals surface area contributed by atoms with Crippen molar-refractivity contribution in [1.82, 2.24) is 4.98 Å². The van der Waals surface area contributed by atoms with Gasteiger partial charge in [-0.1, -0.05) is 6.08 Å². The maximum absolute atomic E-state index is 13.1. The molecule has 1 aromatic heterocycles. The third kappa shape index (κ3) is 4.86. The summed E-state index contributed by atoms with van der Waals surface area (Å²) in [6, 6.07) is 0. The number of rotatable bonds is 7. The number of nitrogens with zero attached hydrogens (tertiary/aromatic N) is 1. The van der Waals surface area contributed by atoms with Gasteiger partial charge < -0.3 is 18.7 Å². The van der Waals surface area contributed by atoms with Crippen LogP contribution in [0.25, 0.3) is 5.57 Å². The highest BCUT2D eigenvalue weighted by molar-refractivity contribution is 5.62. The molecule has 6 heteroatoms. The predicted molar refractivity (Wildman–Crippen MR) is 90.5 cm³/mol. The fourth-order valence-electron chi connectivity index (χ4n) is 3.27. The lowest BCUT2D eigenvalue weighted by molar-refractivity contribution is -0.116. The summed E-state index contributed by atoms with van der Waals surface area (Å²) in [7, 11) is 0. The highest BCUT2D eigenvalue weighted by atomic mass is 19.1. The molecule has 1 aromatic rings. The Labute approximate surface area is 146 Å². The number of allylic oxidation sites excluding steroid dienone is 4. The summed E-state index contributed by atoms with van der Waals surface area (Å²) in [5.74, 6) is 1.17. The van der Waals surface area contributed by atoms with Gasteiger partial charge in [0, 0.05) is 12.0 Å². The van der Waals surface area contributed by atoms with Gasteiger partial charge in [0.1, 0.15) is 30.2 Å². The molecule has 2 aliphatic rings. The van der Waals surface area contributed by atoms with E-state index in [1.807, 2.05) is 6.92 Å². The molecule has 0 saturated heterocycles. The van der Waals surface area contributed by atoms with Crippen molar-refractivity contribution in [3.8, 4) is 0 Å². The fraction of sp³-hybridized carbons (Fsp3) is 0.579. The number of carbonyl (C=O) groups excluding carboxylic acids is 1. The smallest absolute Gasteiger partial charge is 0.222 e. The van der Waals surface area contributed by atoms with Crippen molar-refractivity contribution in [2.75, 3.05) is 6.61 Å². The first-order chi connectivity index (χ1) is 12.2. The van der Waals surface area contributed by atoms with Gasteiger partial charge in [-0.2, -0.15) is 0 Å². The van der Waals surface area contributed by atoms with Crippen LogP contribution in [0.2, 0.25) is 0 Å². The van der Waals surface area contributed by atoms with E-state index in [2.05, 4.69) is 4.98 Å². The number of hydrogen-bond acceptors (Lipinski definition) is 5. The number of aromatic nitrogens is 1. The van der Waals surface area contributed by atoms with Crippen molar-refractivity contribution >= 4 is 11.9 Å². The minimum atomic E-state index is -0.112. The standard InChI is InChI=1S/C19H24FNO4/c1-13-18(21-19(25-13)14-5-7-15(20)8-6-14)12-24-17-4-2-3-16(11-17)23-10-9-22/h5,7,9,16-17H,2-4,6,8,10-12H2,1H3/t16-,17+/m1/s1. The Hall–Kier alpha value is -1.79. The molecule has 25 heavy (non-hydrogen) atoms. The molecule has 0 amide bonds. The zero-order valence-corrected chi connectivity index (χ0v) is 14.5. The molecule has 0 spiro atoms. The van der Waals surface area contributed by atoms with Gasteiger partial charge in [0.2, 0.25) is 5.89 Å². The van der Waals surface area contributed by atoms with Crippen LogP contribution in [-0.4, -0.2) is 30.1 Å². The third-order valence-electron chi connectivity index (χ3n) is 4.70. The Kier molecular flexibility index (Phi) is 6.15. The summed E-state index contributed by atoms with van der Waals surface area (Å²) in [6.45, 7) is 2.40. The number of hydrogen-bond donors (Lipinski definition) is 0. The number of ether oxygens (including phenoxy) is 2. The van der Waals surface area contributed by atoms with E-state index in [-0.39, 0.29) is 24.6 Å². The molecule has 136 valence electrons. The zero-order valence-electron chi connectivity index (χ0n) is 14.5. The van der Waals surface area contributed by atoms with E-state index in [0.717, 1.165) is 49.0 Å². The first-order valence-corrected chi connectivity index (χ1v) is 8.84. The number of aryl methyl sites for hydroxylation is 1. The first kappa shape index (κ1) is 18.0. The van der Waals surface area contributed by atoms with Crippen LogP contribution in [-0.2, 0) is 20.9 Å². The van der Waals surface area contributed by atoms with Crippen molar-refractivity contribution in [2.45, 2.75) is 64.3 Å². The lowest BCUT2D eigenvalue weighted by Gasteiger charge is -2.28. The van der Waals surface area contributed by atoms with Crippen LogP contribution in [0.4, 0.5) is 4.39 Å². The van der Waals surface area contributed by atoms with Crippen molar-refractivity contribution in [1.29, 1.82) is 0 Å². The molecule has 2 atom stereocenters. The monoisotopic (exact) mass is 349 g/mol. The summed E-state index contributed by atoms with van der Waals surface area (Å²) < 4.78 is 30.3. The highest BCUT2D eigenvalue weighted by Gasteiger charge is 2.24. The number of aldehydes is 1. The summed E-state index contributed by atoms with van der Waals surface area (Å²) in [6.07, 6.45) is 8.95. The minimum absolute atomic E-state index is 0.0898. The van der Waals surface area contributed by atoms with Crippen molar-refractivity contribution in [3.63, 3.8) is 0 Å². The molecule has 0 N–H and O–H groups in total. The van der Waals surface area contributed by atoms with E-state index in [1.54, 1.807) is 6.08 Å². The van der Waals surface area contributed by atoms with Crippen LogP contribution in [0.5, 0.6) is 0 Å². The lowest BCUT2D eigenvalue weighted by Crippen LogP contribution is -2.28. The van der Waals surface area contributed by atoms with Crippen LogP contribution < -0.4 is 0 Å². The summed E-state index contributed by atoms with van der Waals surface area (Å²) in [5, 5.41) is 0. The maximum atomic E-state index is 13.1. The lowest BCUT2D eigenvalue weighted by atomic mass is 9.95. The Bertz CT molecular complexity index is 664. The van der Waals surface area contributed by atoms with Gasteiger partial charge in [0.05, 0.1) is 18.8 Å². The van der Waals surface area contributed by atoms with Crippen LogP contribution in [0, 0.1) is 6.92 Å². The Morgan fingerprint density at radius 1 is 1.28 bits per heavy atom. The fourth-order valence-corrected chi connectivity index (χ4v) is 3.27. The van der Waals surface area contributed by atoms with Gasteiger partial charge in [-0.25, -0.2) is 9.37 Å². The zero-order chi connectivity index (χ0) is 17.6. The van der Waals surface area contributed by atoms with E-state index in [9.17, 15) is 9.18 Å². The molecule has 0 radical (unpaired) electrons. The number of carbonyl (C=O) groups is 1. The molecular weight excluding hydrogens is 325 g/mol. The van der Waals surface area contributed by atoms with Crippen molar-refractivity contribution in [3.05, 3.63) is 35.3 Å². The summed E-state index contributed by atoms with van der Waals surface area (Å²) in [5.41, 5.74) is 1.69. The SMILES string of the molecule is Cc1oc(C2=CC=C(F)CC2)nc1CO[C@H]1CCC[C@@H](OCC=O)C1. The molecule has 0 bridgehead atoms. The molecule has 1 heterocycles.